The van der Waals surface area contributed by atoms with Crippen LogP contribution in [0.5, 0.6) is 0 Å². The molecule has 0 aliphatic carbocycles. The summed E-state index contributed by atoms with van der Waals surface area (Å²) in [5, 5.41) is 10.9. The molecule has 1 aromatic carbocycles. The molecule has 0 aromatic heterocycles. The van der Waals surface area contributed by atoms with Gasteiger partial charge in [0.2, 0.25) is 15.9 Å². The Bertz CT molecular complexity index is 801. The lowest BCUT2D eigenvalue weighted by Crippen LogP contribution is -2.29. The first-order valence-corrected chi connectivity index (χ1v) is 9.92. The van der Waals surface area contributed by atoms with E-state index in [0.717, 1.165) is 29.5 Å². The molecule has 3 rings (SSSR count). The zero-order valence-electron chi connectivity index (χ0n) is 12.9. The Morgan fingerprint density at radius 3 is 2.79 bits per heavy atom. The molecule has 9 heteroatoms. The van der Waals surface area contributed by atoms with Gasteiger partial charge in [-0.2, -0.15) is 0 Å². The molecule has 0 fully saturated rings. The standard InChI is InChI=1S/C15H18N4O3S2/c16-24(21,22)13-3-1-11(2-4-13)5-6-17-14(20)9-12-10-23-15-18-7-8-19(12)15/h1-4,10H,5-9H2,(H,17,20)(H2,16,21,22). The predicted octanol–water partition coefficient (Wildman–Crippen LogP) is 0.643. The lowest BCUT2D eigenvalue weighted by atomic mass is 10.1. The topological polar surface area (TPSA) is 105 Å². The Kier molecular flexibility index (Phi) is 4.93. The van der Waals surface area contributed by atoms with Crippen LogP contribution in [-0.2, 0) is 21.2 Å². The molecule has 3 N–H and O–H groups in total. The van der Waals surface area contributed by atoms with Crippen LogP contribution in [0.1, 0.15) is 12.0 Å². The molecule has 0 saturated carbocycles. The van der Waals surface area contributed by atoms with Gasteiger partial charge in [0.25, 0.3) is 0 Å². The number of thioether (sulfide) groups is 1. The molecule has 2 aliphatic heterocycles. The van der Waals surface area contributed by atoms with Crippen molar-refractivity contribution in [2.24, 2.45) is 10.1 Å². The molecule has 0 saturated heterocycles. The fourth-order valence-corrected chi connectivity index (χ4v) is 4.00. The fourth-order valence-electron chi connectivity index (χ4n) is 2.53. The number of hydrogen-bond acceptors (Lipinski definition) is 6. The summed E-state index contributed by atoms with van der Waals surface area (Å²) < 4.78 is 22.4. The van der Waals surface area contributed by atoms with Crippen molar-refractivity contribution in [3.63, 3.8) is 0 Å². The third-order valence-corrected chi connectivity index (χ3v) is 5.66. The zero-order valence-corrected chi connectivity index (χ0v) is 14.6. The second-order valence-corrected chi connectivity index (χ2v) is 7.91. The summed E-state index contributed by atoms with van der Waals surface area (Å²) >= 11 is 1.56. The summed E-state index contributed by atoms with van der Waals surface area (Å²) in [5.74, 6) is -0.0313. The number of carbonyl (C=O) groups excluding carboxylic acids is 1. The van der Waals surface area contributed by atoms with Crippen LogP contribution in [0.2, 0.25) is 0 Å². The van der Waals surface area contributed by atoms with Crippen LogP contribution in [-0.4, -0.2) is 44.0 Å². The molecule has 0 radical (unpaired) electrons. The van der Waals surface area contributed by atoms with Gasteiger partial charge >= 0.3 is 0 Å². The first kappa shape index (κ1) is 17.0. The van der Waals surface area contributed by atoms with Crippen molar-refractivity contribution in [1.82, 2.24) is 10.2 Å². The van der Waals surface area contributed by atoms with Gasteiger partial charge in [-0.15, -0.1) is 0 Å². The smallest absolute Gasteiger partial charge is 0.238 e. The van der Waals surface area contributed by atoms with E-state index in [1.165, 1.54) is 12.1 Å². The van der Waals surface area contributed by atoms with Crippen LogP contribution < -0.4 is 10.5 Å². The van der Waals surface area contributed by atoms with E-state index in [9.17, 15) is 13.2 Å². The summed E-state index contributed by atoms with van der Waals surface area (Å²) in [5.41, 5.74) is 1.93. The van der Waals surface area contributed by atoms with Crippen molar-refractivity contribution in [2.75, 3.05) is 19.6 Å². The number of sulfonamides is 1. The predicted molar refractivity (Wildman–Crippen MR) is 93.8 cm³/mol. The van der Waals surface area contributed by atoms with Gasteiger partial charge in [0, 0.05) is 18.8 Å². The second-order valence-electron chi connectivity index (χ2n) is 5.51. The van der Waals surface area contributed by atoms with E-state index in [0.29, 0.717) is 19.4 Å². The summed E-state index contributed by atoms with van der Waals surface area (Å²) in [4.78, 5) is 18.6. The number of primary sulfonamides is 1. The van der Waals surface area contributed by atoms with Crippen molar-refractivity contribution in [3.05, 3.63) is 40.9 Å². The van der Waals surface area contributed by atoms with E-state index in [-0.39, 0.29) is 10.8 Å². The van der Waals surface area contributed by atoms with Crippen LogP contribution in [0.15, 0.2) is 45.3 Å². The van der Waals surface area contributed by atoms with Crippen LogP contribution >= 0.6 is 11.8 Å². The molecule has 7 nitrogen and oxygen atoms in total. The maximum atomic E-state index is 12.0. The minimum atomic E-state index is -3.67. The fraction of sp³-hybridized carbons (Fsp3) is 0.333. The van der Waals surface area contributed by atoms with E-state index < -0.39 is 10.0 Å². The molecule has 1 amide bonds. The molecule has 128 valence electrons. The van der Waals surface area contributed by atoms with Gasteiger partial charge in [0.05, 0.1) is 17.9 Å². The Hall–Kier alpha value is -1.84. The molecule has 0 bridgehead atoms. The monoisotopic (exact) mass is 366 g/mol. The largest absolute Gasteiger partial charge is 0.355 e. The van der Waals surface area contributed by atoms with E-state index in [1.807, 2.05) is 5.41 Å². The summed E-state index contributed by atoms with van der Waals surface area (Å²) in [6, 6.07) is 6.35. The number of rotatable bonds is 6. The quantitative estimate of drug-likeness (QED) is 0.769. The molecule has 2 aliphatic rings. The van der Waals surface area contributed by atoms with E-state index in [2.05, 4.69) is 15.2 Å². The van der Waals surface area contributed by atoms with Gasteiger partial charge in [-0.25, -0.2) is 13.6 Å². The molecule has 1 aromatic rings. The normalized spacial score (nSPS) is 16.6. The summed E-state index contributed by atoms with van der Waals surface area (Å²) in [7, 11) is -3.67. The lowest BCUT2D eigenvalue weighted by Gasteiger charge is -2.16. The maximum absolute atomic E-state index is 12.0. The highest BCUT2D eigenvalue weighted by Crippen LogP contribution is 2.30. The Balaban J connectivity index is 1.45. The number of hydrogen-bond donors (Lipinski definition) is 2. The summed E-state index contributed by atoms with van der Waals surface area (Å²) in [6.45, 7) is 2.13. The number of nitrogens with two attached hydrogens (primary N) is 1. The Morgan fingerprint density at radius 1 is 1.33 bits per heavy atom. The highest BCUT2D eigenvalue weighted by Gasteiger charge is 2.27. The van der Waals surface area contributed by atoms with Crippen LogP contribution in [0.4, 0.5) is 0 Å². The first-order valence-electron chi connectivity index (χ1n) is 7.49. The zero-order chi connectivity index (χ0) is 17.2. The minimum Gasteiger partial charge on any atom is -0.355 e. The number of aliphatic imine (C=N–C) groups is 1. The summed E-state index contributed by atoms with van der Waals surface area (Å²) in [6.07, 6.45) is 0.969. The molecular weight excluding hydrogens is 348 g/mol. The molecule has 0 spiro atoms. The lowest BCUT2D eigenvalue weighted by molar-refractivity contribution is -0.120. The SMILES string of the molecule is NS(=O)(=O)c1ccc(CCNC(=O)CC2=CSC3=NCCN23)cc1. The Labute approximate surface area is 145 Å². The maximum Gasteiger partial charge on any atom is 0.238 e. The Morgan fingerprint density at radius 2 is 2.08 bits per heavy atom. The third-order valence-electron chi connectivity index (χ3n) is 3.78. The highest BCUT2D eigenvalue weighted by molar-refractivity contribution is 8.16. The van der Waals surface area contributed by atoms with Crippen LogP contribution in [0.3, 0.4) is 0 Å². The van der Waals surface area contributed by atoms with Gasteiger partial charge in [-0.05, 0) is 29.5 Å². The number of carbonyl (C=O) groups is 1. The number of amides is 1. The highest BCUT2D eigenvalue weighted by atomic mass is 32.2. The number of benzene rings is 1. The van der Waals surface area contributed by atoms with Crippen molar-refractivity contribution >= 4 is 32.9 Å². The van der Waals surface area contributed by atoms with Gasteiger partial charge in [0.1, 0.15) is 0 Å². The van der Waals surface area contributed by atoms with Crippen molar-refractivity contribution < 1.29 is 13.2 Å². The van der Waals surface area contributed by atoms with Crippen molar-refractivity contribution in [3.8, 4) is 0 Å². The van der Waals surface area contributed by atoms with Gasteiger partial charge in [-0.1, -0.05) is 23.9 Å². The van der Waals surface area contributed by atoms with Gasteiger partial charge in [-0.3, -0.25) is 9.79 Å². The molecule has 2 heterocycles. The first-order chi connectivity index (χ1) is 11.4. The van der Waals surface area contributed by atoms with Crippen molar-refractivity contribution in [2.45, 2.75) is 17.7 Å². The number of nitrogens with one attached hydrogen (secondary N) is 1. The molecular formula is C15H18N4O3S2. The third kappa shape index (κ3) is 3.97. The van der Waals surface area contributed by atoms with Crippen molar-refractivity contribution in [1.29, 1.82) is 0 Å². The average molecular weight is 366 g/mol. The van der Waals surface area contributed by atoms with E-state index >= 15 is 0 Å². The van der Waals surface area contributed by atoms with E-state index in [1.54, 1.807) is 23.9 Å². The average Bonchev–Trinajstić information content (AvgIpc) is 3.12. The minimum absolute atomic E-state index is 0.0313. The molecule has 0 atom stereocenters. The number of amidine groups is 1. The molecule has 24 heavy (non-hydrogen) atoms. The van der Waals surface area contributed by atoms with Crippen LogP contribution in [0, 0.1) is 0 Å². The van der Waals surface area contributed by atoms with Gasteiger partial charge < -0.3 is 10.2 Å². The number of fused-ring (bicyclic) bond motifs is 1. The second kappa shape index (κ2) is 6.96. The molecule has 0 unspecified atom stereocenters. The number of nitrogens with zero attached hydrogens (tertiary/aromatic N) is 2. The van der Waals surface area contributed by atoms with E-state index in [4.69, 9.17) is 5.14 Å². The van der Waals surface area contributed by atoms with Crippen LogP contribution in [0.25, 0.3) is 0 Å². The van der Waals surface area contributed by atoms with Gasteiger partial charge in [0.15, 0.2) is 5.17 Å².